The van der Waals surface area contributed by atoms with E-state index in [9.17, 15) is 9.90 Å². The molecular formula is C10H17NO3. The van der Waals surface area contributed by atoms with Crippen molar-refractivity contribution >= 4 is 5.91 Å². The van der Waals surface area contributed by atoms with Crippen LogP contribution in [0, 0.1) is 0 Å². The van der Waals surface area contributed by atoms with Crippen molar-refractivity contribution in [3.05, 3.63) is 0 Å². The molecule has 2 heterocycles. The van der Waals surface area contributed by atoms with Crippen molar-refractivity contribution in [2.75, 3.05) is 19.7 Å². The van der Waals surface area contributed by atoms with Crippen LogP contribution in [0.15, 0.2) is 0 Å². The lowest BCUT2D eigenvalue weighted by atomic mass is 10.0. The highest BCUT2D eigenvalue weighted by atomic mass is 16.5. The van der Waals surface area contributed by atoms with Gasteiger partial charge in [-0.15, -0.1) is 0 Å². The van der Waals surface area contributed by atoms with E-state index >= 15 is 0 Å². The standard InChI is InChI=1S/C10H17NO3/c1-10(4-2-6-14-10)9(13)11-5-3-8(12)7-11/h8,12H,2-7H2,1H3/t8-,10?/m1/s1. The summed E-state index contributed by atoms with van der Waals surface area (Å²) in [6, 6.07) is 0. The summed E-state index contributed by atoms with van der Waals surface area (Å²) in [5, 5.41) is 9.34. The summed E-state index contributed by atoms with van der Waals surface area (Å²) in [5.74, 6) is 0.0477. The number of likely N-dealkylation sites (tertiary alicyclic amines) is 1. The normalized spacial score (nSPS) is 37.9. The van der Waals surface area contributed by atoms with E-state index in [-0.39, 0.29) is 12.0 Å². The summed E-state index contributed by atoms with van der Waals surface area (Å²) in [4.78, 5) is 13.7. The Morgan fingerprint density at radius 3 is 2.93 bits per heavy atom. The number of nitrogens with zero attached hydrogens (tertiary/aromatic N) is 1. The van der Waals surface area contributed by atoms with Crippen molar-refractivity contribution in [2.24, 2.45) is 0 Å². The molecule has 2 aliphatic heterocycles. The SMILES string of the molecule is CC1(C(=O)N2CC[C@@H](O)C2)CCCO1. The molecule has 4 nitrogen and oxygen atoms in total. The lowest BCUT2D eigenvalue weighted by molar-refractivity contribution is -0.150. The van der Waals surface area contributed by atoms with Gasteiger partial charge in [-0.1, -0.05) is 0 Å². The van der Waals surface area contributed by atoms with Crippen molar-refractivity contribution in [1.29, 1.82) is 0 Å². The molecule has 0 aromatic rings. The molecule has 14 heavy (non-hydrogen) atoms. The third kappa shape index (κ3) is 1.64. The van der Waals surface area contributed by atoms with Crippen molar-refractivity contribution in [3.63, 3.8) is 0 Å². The quantitative estimate of drug-likeness (QED) is 0.654. The summed E-state index contributed by atoms with van der Waals surface area (Å²) < 4.78 is 5.48. The number of ether oxygens (including phenoxy) is 1. The van der Waals surface area contributed by atoms with Crippen LogP contribution in [0.1, 0.15) is 26.2 Å². The smallest absolute Gasteiger partial charge is 0.254 e. The lowest BCUT2D eigenvalue weighted by Gasteiger charge is -2.27. The average Bonchev–Trinajstić information content (AvgIpc) is 2.74. The maximum Gasteiger partial charge on any atom is 0.254 e. The molecule has 4 heteroatoms. The van der Waals surface area contributed by atoms with E-state index in [1.165, 1.54) is 0 Å². The zero-order chi connectivity index (χ0) is 10.2. The zero-order valence-electron chi connectivity index (χ0n) is 8.53. The Labute approximate surface area is 83.8 Å². The Morgan fingerprint density at radius 1 is 1.64 bits per heavy atom. The van der Waals surface area contributed by atoms with Crippen LogP contribution in [0.3, 0.4) is 0 Å². The molecule has 2 atom stereocenters. The molecule has 1 N–H and O–H groups in total. The number of β-amino-alcohol motifs (C(OH)–C–C–N with tert-alkyl or cyclic N) is 1. The Kier molecular flexibility index (Phi) is 2.49. The average molecular weight is 199 g/mol. The van der Waals surface area contributed by atoms with E-state index in [0.29, 0.717) is 26.1 Å². The minimum absolute atomic E-state index is 0.0477. The number of aliphatic hydroxyl groups excluding tert-OH is 1. The van der Waals surface area contributed by atoms with Crippen molar-refractivity contribution in [3.8, 4) is 0 Å². The van der Waals surface area contributed by atoms with Gasteiger partial charge in [0.15, 0.2) is 0 Å². The number of carbonyl (C=O) groups excluding carboxylic acids is 1. The van der Waals surface area contributed by atoms with Crippen molar-refractivity contribution in [2.45, 2.75) is 37.9 Å². The van der Waals surface area contributed by atoms with Gasteiger partial charge in [-0.2, -0.15) is 0 Å². The van der Waals surface area contributed by atoms with E-state index in [0.717, 1.165) is 12.8 Å². The first-order chi connectivity index (χ1) is 6.62. The van der Waals surface area contributed by atoms with Crippen LogP contribution >= 0.6 is 0 Å². The molecule has 2 aliphatic rings. The van der Waals surface area contributed by atoms with Gasteiger partial charge in [0.2, 0.25) is 0 Å². The number of rotatable bonds is 1. The molecule has 0 spiro atoms. The van der Waals surface area contributed by atoms with Gasteiger partial charge < -0.3 is 14.7 Å². The molecule has 2 rings (SSSR count). The molecule has 0 saturated carbocycles. The van der Waals surface area contributed by atoms with Crippen LogP contribution in [0.4, 0.5) is 0 Å². The van der Waals surface area contributed by atoms with Crippen LogP contribution in [0.5, 0.6) is 0 Å². The predicted octanol–water partition coefficient (Wildman–Crippen LogP) is 0.149. The van der Waals surface area contributed by atoms with Gasteiger partial charge in [0.1, 0.15) is 5.60 Å². The first kappa shape index (κ1) is 9.93. The largest absolute Gasteiger partial charge is 0.391 e. The summed E-state index contributed by atoms with van der Waals surface area (Å²) in [7, 11) is 0. The fourth-order valence-electron chi connectivity index (χ4n) is 2.21. The Hall–Kier alpha value is -0.610. The summed E-state index contributed by atoms with van der Waals surface area (Å²) in [5.41, 5.74) is -0.621. The van der Waals surface area contributed by atoms with Crippen LogP contribution in [0.2, 0.25) is 0 Å². The number of amides is 1. The Morgan fingerprint density at radius 2 is 2.43 bits per heavy atom. The second-order valence-corrected chi connectivity index (χ2v) is 4.38. The van der Waals surface area contributed by atoms with Crippen LogP contribution in [0.25, 0.3) is 0 Å². The minimum Gasteiger partial charge on any atom is -0.391 e. The van der Waals surface area contributed by atoms with Gasteiger partial charge in [-0.3, -0.25) is 4.79 Å². The molecule has 80 valence electrons. The van der Waals surface area contributed by atoms with Crippen LogP contribution in [-0.2, 0) is 9.53 Å². The van der Waals surface area contributed by atoms with E-state index in [4.69, 9.17) is 4.74 Å². The second kappa shape index (κ2) is 3.51. The highest BCUT2D eigenvalue weighted by molar-refractivity contribution is 5.85. The topological polar surface area (TPSA) is 49.8 Å². The second-order valence-electron chi connectivity index (χ2n) is 4.38. The maximum absolute atomic E-state index is 12.0. The Bertz CT molecular complexity index is 236. The molecule has 0 bridgehead atoms. The minimum atomic E-state index is -0.621. The van der Waals surface area contributed by atoms with Crippen LogP contribution in [-0.4, -0.2) is 47.3 Å². The van der Waals surface area contributed by atoms with Gasteiger partial charge in [-0.05, 0) is 26.2 Å². The number of hydrogen-bond acceptors (Lipinski definition) is 3. The molecule has 0 aromatic carbocycles. The fourth-order valence-corrected chi connectivity index (χ4v) is 2.21. The van der Waals surface area contributed by atoms with E-state index in [1.807, 2.05) is 6.92 Å². The van der Waals surface area contributed by atoms with E-state index in [2.05, 4.69) is 0 Å². The molecule has 0 aliphatic carbocycles. The van der Waals surface area contributed by atoms with Gasteiger partial charge in [0, 0.05) is 19.7 Å². The van der Waals surface area contributed by atoms with Gasteiger partial charge in [-0.25, -0.2) is 0 Å². The number of aliphatic hydroxyl groups is 1. The number of hydrogen-bond donors (Lipinski definition) is 1. The van der Waals surface area contributed by atoms with E-state index in [1.54, 1.807) is 4.90 Å². The van der Waals surface area contributed by atoms with E-state index < -0.39 is 5.60 Å². The molecule has 1 amide bonds. The number of carbonyl (C=O) groups is 1. The van der Waals surface area contributed by atoms with Crippen molar-refractivity contribution in [1.82, 2.24) is 4.90 Å². The first-order valence-electron chi connectivity index (χ1n) is 5.23. The highest BCUT2D eigenvalue weighted by Crippen LogP contribution is 2.28. The van der Waals surface area contributed by atoms with Crippen LogP contribution < -0.4 is 0 Å². The molecule has 0 aromatic heterocycles. The maximum atomic E-state index is 12.0. The first-order valence-corrected chi connectivity index (χ1v) is 5.23. The summed E-state index contributed by atoms with van der Waals surface area (Å²) in [6.07, 6.45) is 2.11. The molecule has 2 fully saturated rings. The van der Waals surface area contributed by atoms with Gasteiger partial charge >= 0.3 is 0 Å². The van der Waals surface area contributed by atoms with Gasteiger partial charge in [0.05, 0.1) is 6.10 Å². The summed E-state index contributed by atoms with van der Waals surface area (Å²) in [6.45, 7) is 3.67. The third-order valence-electron chi connectivity index (χ3n) is 3.12. The lowest BCUT2D eigenvalue weighted by Crippen LogP contribution is -2.46. The zero-order valence-corrected chi connectivity index (χ0v) is 8.53. The summed E-state index contributed by atoms with van der Waals surface area (Å²) >= 11 is 0. The Balaban J connectivity index is 2.00. The fraction of sp³-hybridized carbons (Fsp3) is 0.900. The molecule has 1 unspecified atom stereocenters. The highest BCUT2D eigenvalue weighted by Gasteiger charge is 2.42. The molecule has 2 saturated heterocycles. The van der Waals surface area contributed by atoms with Crippen molar-refractivity contribution < 1.29 is 14.6 Å². The molecular weight excluding hydrogens is 182 g/mol. The van der Waals surface area contributed by atoms with Gasteiger partial charge in [0.25, 0.3) is 5.91 Å². The monoisotopic (exact) mass is 199 g/mol. The predicted molar refractivity (Wildman–Crippen MR) is 50.8 cm³/mol. The molecule has 0 radical (unpaired) electrons. The third-order valence-corrected chi connectivity index (χ3v) is 3.12.